The summed E-state index contributed by atoms with van der Waals surface area (Å²) in [4.78, 5) is 22.8. The second-order valence-corrected chi connectivity index (χ2v) is 6.61. The molecule has 4 nitrogen and oxygen atoms in total. The molecule has 0 aromatic heterocycles. The number of carboxylic acids is 1. The molecule has 0 heterocycles. The lowest BCUT2D eigenvalue weighted by molar-refractivity contribution is -0.137. The number of unbranched alkanes of at least 4 members (excludes halogenated alkanes) is 4. The van der Waals surface area contributed by atoms with Gasteiger partial charge in [-0.2, -0.15) is 0 Å². The highest BCUT2D eigenvalue weighted by molar-refractivity contribution is 5.87. The minimum Gasteiger partial charge on any atom is -0.481 e. The van der Waals surface area contributed by atoms with Gasteiger partial charge in [0.05, 0.1) is 5.41 Å². The fraction of sp³-hybridized carbons (Fsp3) is 0.579. The van der Waals surface area contributed by atoms with E-state index in [0.29, 0.717) is 6.54 Å². The van der Waals surface area contributed by atoms with Gasteiger partial charge in [-0.1, -0.05) is 43.5 Å². The van der Waals surface area contributed by atoms with Crippen LogP contribution in [0.15, 0.2) is 24.3 Å². The average molecular weight is 319 g/mol. The van der Waals surface area contributed by atoms with Gasteiger partial charge in [0.2, 0.25) is 5.91 Å². The first-order valence-electron chi connectivity index (χ1n) is 8.42. The number of aliphatic carboxylic acids is 1. The summed E-state index contributed by atoms with van der Waals surface area (Å²) in [5.41, 5.74) is 1.66. The van der Waals surface area contributed by atoms with E-state index < -0.39 is 11.4 Å². The Balaban J connectivity index is 2.28. The molecule has 0 aliphatic rings. The van der Waals surface area contributed by atoms with Crippen LogP contribution in [0.25, 0.3) is 0 Å². The Kier molecular flexibility index (Phi) is 7.79. The Bertz CT molecular complexity index is 523. The first kappa shape index (κ1) is 19.2. The van der Waals surface area contributed by atoms with Crippen LogP contribution in [0.1, 0.15) is 63.5 Å². The van der Waals surface area contributed by atoms with Gasteiger partial charge in [0.25, 0.3) is 0 Å². The molecular weight excluding hydrogens is 290 g/mol. The molecule has 0 bridgehead atoms. The third-order valence-corrected chi connectivity index (χ3v) is 4.24. The SMILES string of the molecule is Cc1ccccc1C(C)(C)C(=O)NCCCCCCCC(=O)O. The number of hydrogen-bond donors (Lipinski definition) is 2. The summed E-state index contributed by atoms with van der Waals surface area (Å²) in [5.74, 6) is -0.673. The smallest absolute Gasteiger partial charge is 0.303 e. The first-order chi connectivity index (χ1) is 10.9. The van der Waals surface area contributed by atoms with Crippen molar-refractivity contribution in [1.29, 1.82) is 0 Å². The van der Waals surface area contributed by atoms with E-state index in [1.54, 1.807) is 0 Å². The number of aryl methyl sites for hydroxylation is 1. The third kappa shape index (κ3) is 6.43. The quantitative estimate of drug-likeness (QED) is 0.644. The molecule has 1 rings (SSSR count). The number of carboxylic acid groups (broad SMARTS) is 1. The molecule has 0 saturated carbocycles. The second kappa shape index (κ2) is 9.33. The second-order valence-electron chi connectivity index (χ2n) is 6.61. The van der Waals surface area contributed by atoms with Crippen molar-refractivity contribution in [3.63, 3.8) is 0 Å². The molecule has 0 saturated heterocycles. The Morgan fingerprint density at radius 2 is 1.65 bits per heavy atom. The summed E-state index contributed by atoms with van der Waals surface area (Å²) in [5, 5.41) is 11.6. The lowest BCUT2D eigenvalue weighted by Gasteiger charge is -2.26. The summed E-state index contributed by atoms with van der Waals surface area (Å²) < 4.78 is 0. The van der Waals surface area contributed by atoms with Gasteiger partial charge in [0.15, 0.2) is 0 Å². The lowest BCUT2D eigenvalue weighted by atomic mass is 9.81. The number of rotatable bonds is 10. The maximum atomic E-state index is 12.5. The molecular formula is C19H29NO3. The van der Waals surface area contributed by atoms with Crippen LogP contribution in [0.2, 0.25) is 0 Å². The van der Waals surface area contributed by atoms with Crippen molar-refractivity contribution in [1.82, 2.24) is 5.32 Å². The first-order valence-corrected chi connectivity index (χ1v) is 8.42. The van der Waals surface area contributed by atoms with Crippen LogP contribution in [0.4, 0.5) is 0 Å². The molecule has 1 aromatic carbocycles. The predicted octanol–water partition coefficient (Wildman–Crippen LogP) is 3.81. The zero-order chi connectivity index (χ0) is 17.3. The highest BCUT2D eigenvalue weighted by Crippen LogP contribution is 2.26. The predicted molar refractivity (Wildman–Crippen MR) is 92.6 cm³/mol. The minimum absolute atomic E-state index is 0.0534. The molecule has 0 aliphatic heterocycles. The zero-order valence-electron chi connectivity index (χ0n) is 14.5. The Labute approximate surface area is 139 Å². The van der Waals surface area contributed by atoms with E-state index in [2.05, 4.69) is 5.32 Å². The summed E-state index contributed by atoms with van der Waals surface area (Å²) >= 11 is 0. The fourth-order valence-corrected chi connectivity index (χ4v) is 2.75. The average Bonchev–Trinajstić information content (AvgIpc) is 2.49. The van der Waals surface area contributed by atoms with Crippen molar-refractivity contribution in [2.45, 2.75) is 64.7 Å². The molecule has 0 atom stereocenters. The van der Waals surface area contributed by atoms with Crippen LogP contribution < -0.4 is 5.32 Å². The van der Waals surface area contributed by atoms with Crippen molar-refractivity contribution in [2.24, 2.45) is 0 Å². The van der Waals surface area contributed by atoms with Crippen molar-refractivity contribution >= 4 is 11.9 Å². The largest absolute Gasteiger partial charge is 0.481 e. The van der Waals surface area contributed by atoms with E-state index in [9.17, 15) is 9.59 Å². The number of amides is 1. The van der Waals surface area contributed by atoms with Gasteiger partial charge in [-0.3, -0.25) is 9.59 Å². The molecule has 2 N–H and O–H groups in total. The molecule has 1 aromatic rings. The molecule has 0 unspecified atom stereocenters. The molecule has 0 radical (unpaired) electrons. The van der Waals surface area contributed by atoms with Crippen LogP contribution in [0.3, 0.4) is 0 Å². The van der Waals surface area contributed by atoms with Crippen molar-refractivity contribution in [2.75, 3.05) is 6.54 Å². The highest BCUT2D eigenvalue weighted by Gasteiger charge is 2.30. The van der Waals surface area contributed by atoms with Crippen molar-refractivity contribution < 1.29 is 14.7 Å². The number of carbonyl (C=O) groups excluding carboxylic acids is 1. The van der Waals surface area contributed by atoms with E-state index in [4.69, 9.17) is 5.11 Å². The molecule has 0 aliphatic carbocycles. The van der Waals surface area contributed by atoms with Gasteiger partial charge in [-0.05, 0) is 44.7 Å². The number of carbonyl (C=O) groups is 2. The molecule has 23 heavy (non-hydrogen) atoms. The van der Waals surface area contributed by atoms with Gasteiger partial charge in [0, 0.05) is 13.0 Å². The minimum atomic E-state index is -0.726. The van der Waals surface area contributed by atoms with Crippen LogP contribution in [0.5, 0.6) is 0 Å². The fourth-order valence-electron chi connectivity index (χ4n) is 2.75. The topological polar surface area (TPSA) is 66.4 Å². The summed E-state index contributed by atoms with van der Waals surface area (Å²) in [6, 6.07) is 7.99. The van der Waals surface area contributed by atoms with Gasteiger partial charge in [-0.25, -0.2) is 0 Å². The molecule has 0 fully saturated rings. The normalized spacial score (nSPS) is 11.3. The summed E-state index contributed by atoms with van der Waals surface area (Å²) in [7, 11) is 0. The van der Waals surface area contributed by atoms with Gasteiger partial charge in [0.1, 0.15) is 0 Å². The zero-order valence-corrected chi connectivity index (χ0v) is 14.5. The molecule has 128 valence electrons. The number of hydrogen-bond acceptors (Lipinski definition) is 2. The van der Waals surface area contributed by atoms with E-state index in [1.165, 1.54) is 0 Å². The molecule has 4 heteroatoms. The summed E-state index contributed by atoms with van der Waals surface area (Å²) in [6.07, 6.45) is 4.90. The Morgan fingerprint density at radius 3 is 2.30 bits per heavy atom. The molecule has 0 spiro atoms. The van der Waals surface area contributed by atoms with Gasteiger partial charge < -0.3 is 10.4 Å². The van der Waals surface area contributed by atoms with Crippen LogP contribution in [-0.4, -0.2) is 23.5 Å². The third-order valence-electron chi connectivity index (χ3n) is 4.24. The van der Waals surface area contributed by atoms with Crippen molar-refractivity contribution in [3.8, 4) is 0 Å². The maximum Gasteiger partial charge on any atom is 0.303 e. The van der Waals surface area contributed by atoms with Crippen molar-refractivity contribution in [3.05, 3.63) is 35.4 Å². The van der Waals surface area contributed by atoms with Gasteiger partial charge in [-0.15, -0.1) is 0 Å². The van der Waals surface area contributed by atoms with Crippen LogP contribution >= 0.6 is 0 Å². The Hall–Kier alpha value is -1.84. The van der Waals surface area contributed by atoms with Crippen LogP contribution in [0, 0.1) is 6.92 Å². The van der Waals surface area contributed by atoms with E-state index in [-0.39, 0.29) is 12.3 Å². The summed E-state index contributed by atoms with van der Waals surface area (Å²) in [6.45, 7) is 6.61. The van der Waals surface area contributed by atoms with E-state index >= 15 is 0 Å². The number of benzene rings is 1. The highest BCUT2D eigenvalue weighted by atomic mass is 16.4. The number of nitrogens with one attached hydrogen (secondary N) is 1. The molecule has 1 amide bonds. The Morgan fingerprint density at radius 1 is 1.04 bits per heavy atom. The standard InChI is InChI=1S/C19H29NO3/c1-15-11-8-9-12-16(15)19(2,3)18(23)20-14-10-6-4-5-7-13-17(21)22/h8-9,11-12H,4-7,10,13-14H2,1-3H3,(H,20,23)(H,21,22). The van der Waals surface area contributed by atoms with Gasteiger partial charge >= 0.3 is 5.97 Å². The van der Waals surface area contributed by atoms with E-state index in [0.717, 1.165) is 43.2 Å². The maximum absolute atomic E-state index is 12.5. The van der Waals surface area contributed by atoms with E-state index in [1.807, 2.05) is 45.0 Å². The van der Waals surface area contributed by atoms with Crippen LogP contribution in [-0.2, 0) is 15.0 Å². The lowest BCUT2D eigenvalue weighted by Crippen LogP contribution is -2.40. The monoisotopic (exact) mass is 319 g/mol.